The van der Waals surface area contributed by atoms with Gasteiger partial charge in [-0.1, -0.05) is 40.5 Å². The van der Waals surface area contributed by atoms with Crippen molar-refractivity contribution in [2.24, 2.45) is 5.41 Å². The van der Waals surface area contributed by atoms with Crippen molar-refractivity contribution in [3.63, 3.8) is 0 Å². The van der Waals surface area contributed by atoms with Crippen LogP contribution >= 0.6 is 0 Å². The molecule has 0 saturated carbocycles. The van der Waals surface area contributed by atoms with E-state index >= 15 is 0 Å². The lowest BCUT2D eigenvalue weighted by Crippen LogP contribution is -2.41. The van der Waals surface area contributed by atoms with Crippen LogP contribution in [-0.4, -0.2) is 38.1 Å². The van der Waals surface area contributed by atoms with E-state index in [0.717, 1.165) is 19.1 Å². The van der Waals surface area contributed by atoms with Crippen LogP contribution in [0.1, 0.15) is 53.4 Å². The van der Waals surface area contributed by atoms with Gasteiger partial charge in [0.05, 0.1) is 0 Å². The van der Waals surface area contributed by atoms with E-state index in [4.69, 9.17) is 0 Å². The zero-order chi connectivity index (χ0) is 12.6. The van der Waals surface area contributed by atoms with Crippen molar-refractivity contribution in [1.29, 1.82) is 0 Å². The summed E-state index contributed by atoms with van der Waals surface area (Å²) in [5.74, 6) is 0. The Bertz CT molecular complexity index is 158. The highest BCUT2D eigenvalue weighted by atomic mass is 15.1. The molecule has 0 atom stereocenters. The summed E-state index contributed by atoms with van der Waals surface area (Å²) in [6.07, 6.45) is 5.19. The average molecular weight is 228 g/mol. The van der Waals surface area contributed by atoms with Gasteiger partial charge in [0.15, 0.2) is 0 Å². The Hall–Kier alpha value is -0.0800. The Kier molecular flexibility index (Phi) is 8.04. The molecule has 0 radical (unpaired) electrons. The second-order valence-electron chi connectivity index (χ2n) is 6.06. The SMILES string of the molecule is CCCC(CCC)NCC(C)(C)CN(C)C. The fourth-order valence-electron chi connectivity index (χ4n) is 2.38. The van der Waals surface area contributed by atoms with E-state index in [2.05, 4.69) is 52.0 Å². The monoisotopic (exact) mass is 228 g/mol. The molecule has 0 spiro atoms. The van der Waals surface area contributed by atoms with Gasteiger partial charge in [-0.2, -0.15) is 0 Å². The molecule has 0 aromatic carbocycles. The Morgan fingerprint density at radius 3 is 1.94 bits per heavy atom. The molecule has 0 fully saturated rings. The smallest absolute Gasteiger partial charge is 0.00670 e. The van der Waals surface area contributed by atoms with Gasteiger partial charge >= 0.3 is 0 Å². The molecular weight excluding hydrogens is 196 g/mol. The molecule has 2 nitrogen and oxygen atoms in total. The van der Waals surface area contributed by atoms with Gasteiger partial charge in [0, 0.05) is 19.1 Å². The summed E-state index contributed by atoms with van der Waals surface area (Å²) in [6, 6.07) is 0.719. The van der Waals surface area contributed by atoms with Gasteiger partial charge in [0.2, 0.25) is 0 Å². The molecule has 0 aromatic heterocycles. The summed E-state index contributed by atoms with van der Waals surface area (Å²) in [4.78, 5) is 2.27. The molecule has 0 aromatic rings. The highest BCUT2D eigenvalue weighted by Crippen LogP contribution is 2.15. The lowest BCUT2D eigenvalue weighted by atomic mass is 9.92. The Balaban J connectivity index is 3.96. The van der Waals surface area contributed by atoms with Gasteiger partial charge in [-0.05, 0) is 32.4 Å². The molecule has 16 heavy (non-hydrogen) atoms. The zero-order valence-electron chi connectivity index (χ0n) is 12.3. The molecule has 0 bridgehead atoms. The van der Waals surface area contributed by atoms with Crippen molar-refractivity contribution < 1.29 is 0 Å². The predicted molar refractivity (Wildman–Crippen MR) is 73.9 cm³/mol. The summed E-state index contributed by atoms with van der Waals surface area (Å²) in [6.45, 7) is 11.5. The van der Waals surface area contributed by atoms with E-state index in [-0.39, 0.29) is 0 Å². The molecule has 0 amide bonds. The first-order valence-electron chi connectivity index (χ1n) is 6.79. The maximum atomic E-state index is 3.74. The van der Waals surface area contributed by atoms with Gasteiger partial charge in [-0.25, -0.2) is 0 Å². The minimum Gasteiger partial charge on any atom is -0.313 e. The molecule has 0 heterocycles. The summed E-state index contributed by atoms with van der Waals surface area (Å²) in [5.41, 5.74) is 0.364. The minimum atomic E-state index is 0.364. The van der Waals surface area contributed by atoms with Crippen LogP contribution in [0.4, 0.5) is 0 Å². The van der Waals surface area contributed by atoms with Crippen LogP contribution in [0.25, 0.3) is 0 Å². The maximum absolute atomic E-state index is 3.74. The predicted octanol–water partition coefficient (Wildman–Crippen LogP) is 3.13. The number of nitrogens with zero attached hydrogens (tertiary/aromatic N) is 1. The van der Waals surface area contributed by atoms with Crippen LogP contribution in [0.15, 0.2) is 0 Å². The molecule has 0 rings (SSSR count). The summed E-state index contributed by atoms with van der Waals surface area (Å²) < 4.78 is 0. The molecular formula is C14H32N2. The minimum absolute atomic E-state index is 0.364. The standard InChI is InChI=1S/C14H32N2/c1-7-9-13(10-8-2)15-11-14(3,4)12-16(5)6/h13,15H,7-12H2,1-6H3. The van der Waals surface area contributed by atoms with Crippen molar-refractivity contribution in [3.8, 4) is 0 Å². The molecule has 98 valence electrons. The maximum Gasteiger partial charge on any atom is 0.00670 e. The third kappa shape index (κ3) is 8.12. The van der Waals surface area contributed by atoms with Crippen LogP contribution < -0.4 is 5.32 Å². The van der Waals surface area contributed by atoms with Gasteiger partial charge in [0.25, 0.3) is 0 Å². The molecule has 2 heteroatoms. The molecule has 0 aliphatic heterocycles. The van der Waals surface area contributed by atoms with Gasteiger partial charge in [-0.15, -0.1) is 0 Å². The zero-order valence-corrected chi connectivity index (χ0v) is 12.3. The number of hydrogen-bond acceptors (Lipinski definition) is 2. The second-order valence-corrected chi connectivity index (χ2v) is 6.06. The molecule has 0 aliphatic rings. The first-order chi connectivity index (χ1) is 7.41. The second kappa shape index (κ2) is 8.08. The topological polar surface area (TPSA) is 15.3 Å². The average Bonchev–Trinajstić information content (AvgIpc) is 2.13. The van der Waals surface area contributed by atoms with Crippen molar-refractivity contribution in [1.82, 2.24) is 10.2 Å². The lowest BCUT2D eigenvalue weighted by Gasteiger charge is -2.31. The lowest BCUT2D eigenvalue weighted by molar-refractivity contribution is 0.221. The first-order valence-corrected chi connectivity index (χ1v) is 6.79. The summed E-state index contributed by atoms with van der Waals surface area (Å²) in [5, 5.41) is 3.74. The number of nitrogens with one attached hydrogen (secondary N) is 1. The van der Waals surface area contributed by atoms with Gasteiger partial charge in [0.1, 0.15) is 0 Å². The van der Waals surface area contributed by atoms with E-state index in [1.165, 1.54) is 25.7 Å². The summed E-state index contributed by atoms with van der Waals surface area (Å²) in [7, 11) is 4.30. The molecule has 1 N–H and O–H groups in total. The Morgan fingerprint density at radius 1 is 1.06 bits per heavy atom. The highest BCUT2D eigenvalue weighted by molar-refractivity contribution is 4.77. The number of rotatable bonds is 9. The van der Waals surface area contributed by atoms with Crippen molar-refractivity contribution in [3.05, 3.63) is 0 Å². The van der Waals surface area contributed by atoms with Gasteiger partial charge < -0.3 is 10.2 Å². The third-order valence-corrected chi connectivity index (χ3v) is 2.89. The molecule has 0 saturated heterocycles. The molecule has 0 aliphatic carbocycles. The van der Waals surface area contributed by atoms with Crippen molar-refractivity contribution in [2.45, 2.75) is 59.4 Å². The Labute approximate surface area is 103 Å². The molecule has 0 unspecified atom stereocenters. The van der Waals surface area contributed by atoms with E-state index in [1.807, 2.05) is 0 Å². The first kappa shape index (κ1) is 15.9. The van der Waals surface area contributed by atoms with Crippen LogP contribution in [0.3, 0.4) is 0 Å². The quantitative estimate of drug-likeness (QED) is 0.652. The van der Waals surface area contributed by atoms with E-state index in [0.29, 0.717) is 5.41 Å². The fraction of sp³-hybridized carbons (Fsp3) is 1.00. The normalized spacial score (nSPS) is 12.8. The highest BCUT2D eigenvalue weighted by Gasteiger charge is 2.19. The van der Waals surface area contributed by atoms with E-state index < -0.39 is 0 Å². The number of hydrogen-bond donors (Lipinski definition) is 1. The van der Waals surface area contributed by atoms with Crippen LogP contribution in [0.2, 0.25) is 0 Å². The Morgan fingerprint density at radius 2 is 1.56 bits per heavy atom. The fourth-order valence-corrected chi connectivity index (χ4v) is 2.38. The van der Waals surface area contributed by atoms with Crippen LogP contribution in [0.5, 0.6) is 0 Å². The summed E-state index contributed by atoms with van der Waals surface area (Å²) >= 11 is 0. The van der Waals surface area contributed by atoms with Crippen LogP contribution in [0, 0.1) is 5.41 Å². The van der Waals surface area contributed by atoms with E-state index in [1.54, 1.807) is 0 Å². The van der Waals surface area contributed by atoms with E-state index in [9.17, 15) is 0 Å². The van der Waals surface area contributed by atoms with Gasteiger partial charge in [-0.3, -0.25) is 0 Å². The van der Waals surface area contributed by atoms with Crippen molar-refractivity contribution >= 4 is 0 Å². The van der Waals surface area contributed by atoms with Crippen molar-refractivity contribution in [2.75, 3.05) is 27.2 Å². The van der Waals surface area contributed by atoms with Crippen LogP contribution in [-0.2, 0) is 0 Å². The largest absolute Gasteiger partial charge is 0.313 e. The third-order valence-electron chi connectivity index (χ3n) is 2.89.